The molecule has 1 nitrogen and oxygen atoms in total. The van der Waals surface area contributed by atoms with E-state index in [0.717, 1.165) is 12.1 Å². The molecule has 1 aromatic rings. The van der Waals surface area contributed by atoms with Crippen LogP contribution in [0.1, 0.15) is 36.7 Å². The minimum Gasteiger partial charge on any atom is -0.294 e. The Morgan fingerprint density at radius 3 is 2.12 bits per heavy atom. The topological polar surface area (TPSA) is 17.1 Å². The maximum absolute atomic E-state index is 12.4. The molecule has 0 saturated carbocycles. The molecule has 0 aliphatic carbocycles. The standard InChI is InChI=1S/C12H13F3O/c1-11(2,3)10(16)8-5-4-6-9(7-8)12(13,14)15/h4-7H,1-3H3. The molecular weight excluding hydrogens is 217 g/mol. The molecule has 0 aliphatic rings. The van der Waals surface area contributed by atoms with E-state index >= 15 is 0 Å². The lowest BCUT2D eigenvalue weighted by molar-refractivity contribution is -0.137. The number of carbonyl (C=O) groups is 1. The van der Waals surface area contributed by atoms with E-state index in [9.17, 15) is 18.0 Å². The summed E-state index contributed by atoms with van der Waals surface area (Å²) in [5.74, 6) is -0.293. The minimum atomic E-state index is -4.41. The average molecular weight is 230 g/mol. The van der Waals surface area contributed by atoms with Crippen molar-refractivity contribution in [2.24, 2.45) is 5.41 Å². The van der Waals surface area contributed by atoms with Gasteiger partial charge in [-0.15, -0.1) is 0 Å². The second kappa shape index (κ2) is 3.92. The monoisotopic (exact) mass is 230 g/mol. The van der Waals surface area contributed by atoms with Crippen molar-refractivity contribution in [1.82, 2.24) is 0 Å². The molecule has 88 valence electrons. The molecule has 1 rings (SSSR count). The van der Waals surface area contributed by atoms with E-state index in [4.69, 9.17) is 0 Å². The normalized spacial score (nSPS) is 12.6. The highest BCUT2D eigenvalue weighted by Gasteiger charge is 2.32. The van der Waals surface area contributed by atoms with Crippen molar-refractivity contribution in [2.45, 2.75) is 26.9 Å². The number of alkyl halides is 3. The fourth-order valence-corrected chi connectivity index (χ4v) is 1.27. The quantitative estimate of drug-likeness (QED) is 0.668. The zero-order valence-corrected chi connectivity index (χ0v) is 9.35. The van der Waals surface area contributed by atoms with Gasteiger partial charge >= 0.3 is 6.18 Å². The van der Waals surface area contributed by atoms with Crippen LogP contribution >= 0.6 is 0 Å². The Morgan fingerprint density at radius 1 is 1.12 bits per heavy atom. The fourth-order valence-electron chi connectivity index (χ4n) is 1.27. The lowest BCUT2D eigenvalue weighted by Gasteiger charge is -2.17. The van der Waals surface area contributed by atoms with Crippen LogP contribution in [0.2, 0.25) is 0 Å². The van der Waals surface area contributed by atoms with Crippen LogP contribution in [0, 0.1) is 5.41 Å². The highest BCUT2D eigenvalue weighted by Crippen LogP contribution is 2.31. The molecular formula is C12H13F3O. The molecule has 16 heavy (non-hydrogen) atoms. The van der Waals surface area contributed by atoms with Gasteiger partial charge in [-0.05, 0) is 12.1 Å². The van der Waals surface area contributed by atoms with E-state index < -0.39 is 17.2 Å². The van der Waals surface area contributed by atoms with Crippen molar-refractivity contribution in [2.75, 3.05) is 0 Å². The van der Waals surface area contributed by atoms with E-state index in [-0.39, 0.29) is 11.3 Å². The van der Waals surface area contributed by atoms with Gasteiger partial charge in [0.15, 0.2) is 5.78 Å². The smallest absolute Gasteiger partial charge is 0.294 e. The summed E-state index contributed by atoms with van der Waals surface area (Å²) in [6.07, 6.45) is -4.41. The van der Waals surface area contributed by atoms with Gasteiger partial charge in [-0.2, -0.15) is 13.2 Å². The van der Waals surface area contributed by atoms with E-state index in [2.05, 4.69) is 0 Å². The van der Waals surface area contributed by atoms with Gasteiger partial charge in [-0.3, -0.25) is 4.79 Å². The molecule has 0 fully saturated rings. The predicted octanol–water partition coefficient (Wildman–Crippen LogP) is 3.93. The largest absolute Gasteiger partial charge is 0.416 e. The molecule has 0 amide bonds. The summed E-state index contributed by atoms with van der Waals surface area (Å²) >= 11 is 0. The highest BCUT2D eigenvalue weighted by molar-refractivity contribution is 5.99. The molecule has 1 aromatic carbocycles. The summed E-state index contributed by atoms with van der Waals surface area (Å²) in [5.41, 5.74) is -1.37. The number of hydrogen-bond donors (Lipinski definition) is 0. The maximum atomic E-state index is 12.4. The van der Waals surface area contributed by atoms with Crippen LogP contribution < -0.4 is 0 Å². The third kappa shape index (κ3) is 2.84. The molecule has 4 heteroatoms. The maximum Gasteiger partial charge on any atom is 0.416 e. The first-order valence-electron chi connectivity index (χ1n) is 4.84. The second-order valence-corrected chi connectivity index (χ2v) is 4.66. The predicted molar refractivity (Wildman–Crippen MR) is 55.2 cm³/mol. The van der Waals surface area contributed by atoms with Gasteiger partial charge in [0, 0.05) is 11.0 Å². The van der Waals surface area contributed by atoms with Crippen molar-refractivity contribution >= 4 is 5.78 Å². The van der Waals surface area contributed by atoms with Crippen molar-refractivity contribution in [3.8, 4) is 0 Å². The molecule has 0 aromatic heterocycles. The van der Waals surface area contributed by atoms with E-state index in [1.807, 2.05) is 0 Å². The number of hydrogen-bond acceptors (Lipinski definition) is 1. The molecule has 0 aliphatic heterocycles. The number of ketones is 1. The zero-order chi connectivity index (χ0) is 12.6. The Bertz CT molecular complexity index is 399. The number of carbonyl (C=O) groups excluding carboxylic acids is 1. The van der Waals surface area contributed by atoms with Crippen LogP contribution in [-0.4, -0.2) is 5.78 Å². The number of Topliss-reactive ketones (excluding diaryl/α,β-unsaturated/α-hetero) is 1. The Balaban J connectivity index is 3.14. The van der Waals surface area contributed by atoms with Crippen molar-refractivity contribution in [3.63, 3.8) is 0 Å². The minimum absolute atomic E-state index is 0.0994. The van der Waals surface area contributed by atoms with Crippen LogP contribution in [0.5, 0.6) is 0 Å². The Hall–Kier alpha value is -1.32. The summed E-state index contributed by atoms with van der Waals surface area (Å²) in [6.45, 7) is 5.03. The zero-order valence-electron chi connectivity index (χ0n) is 9.35. The Kier molecular flexibility index (Phi) is 3.13. The molecule has 0 unspecified atom stereocenters. The number of halogens is 3. The molecule has 0 spiro atoms. The van der Waals surface area contributed by atoms with Crippen molar-refractivity contribution < 1.29 is 18.0 Å². The second-order valence-electron chi connectivity index (χ2n) is 4.66. The molecule has 0 saturated heterocycles. The highest BCUT2D eigenvalue weighted by atomic mass is 19.4. The third-order valence-electron chi connectivity index (χ3n) is 2.13. The van der Waals surface area contributed by atoms with Gasteiger partial charge in [0.1, 0.15) is 0 Å². The van der Waals surface area contributed by atoms with E-state index in [1.54, 1.807) is 20.8 Å². The first kappa shape index (κ1) is 12.7. The molecule has 0 heterocycles. The van der Waals surface area contributed by atoms with E-state index in [1.165, 1.54) is 12.1 Å². The summed E-state index contributed by atoms with van der Waals surface area (Å²) in [7, 11) is 0. The summed E-state index contributed by atoms with van der Waals surface area (Å²) in [6, 6.07) is 4.51. The van der Waals surface area contributed by atoms with Gasteiger partial charge in [0.05, 0.1) is 5.56 Å². The first-order chi connectivity index (χ1) is 7.12. The molecule has 0 bridgehead atoms. The Morgan fingerprint density at radius 2 is 1.69 bits per heavy atom. The van der Waals surface area contributed by atoms with Crippen LogP contribution in [0.25, 0.3) is 0 Å². The van der Waals surface area contributed by atoms with E-state index in [0.29, 0.717) is 0 Å². The lowest BCUT2D eigenvalue weighted by atomic mass is 9.86. The average Bonchev–Trinajstić information content (AvgIpc) is 2.14. The van der Waals surface area contributed by atoms with Gasteiger partial charge in [-0.25, -0.2) is 0 Å². The van der Waals surface area contributed by atoms with Crippen LogP contribution in [-0.2, 0) is 6.18 Å². The lowest BCUT2D eigenvalue weighted by Crippen LogP contribution is -2.20. The first-order valence-corrected chi connectivity index (χ1v) is 4.84. The van der Waals surface area contributed by atoms with Crippen LogP contribution in [0.4, 0.5) is 13.2 Å². The number of benzene rings is 1. The van der Waals surface area contributed by atoms with Crippen molar-refractivity contribution in [1.29, 1.82) is 0 Å². The third-order valence-corrected chi connectivity index (χ3v) is 2.13. The molecule has 0 radical (unpaired) electrons. The number of rotatable bonds is 1. The molecule has 0 atom stereocenters. The summed E-state index contributed by atoms with van der Waals surface area (Å²) in [4.78, 5) is 11.8. The summed E-state index contributed by atoms with van der Waals surface area (Å²) < 4.78 is 37.2. The van der Waals surface area contributed by atoms with Gasteiger partial charge in [-0.1, -0.05) is 32.9 Å². The molecule has 0 N–H and O–H groups in total. The Labute approximate surface area is 92.3 Å². The van der Waals surface area contributed by atoms with Gasteiger partial charge in [0.25, 0.3) is 0 Å². The van der Waals surface area contributed by atoms with Crippen molar-refractivity contribution in [3.05, 3.63) is 35.4 Å². The van der Waals surface area contributed by atoms with Crippen LogP contribution in [0.15, 0.2) is 24.3 Å². The SMILES string of the molecule is CC(C)(C)C(=O)c1cccc(C(F)(F)F)c1. The summed E-state index contributed by atoms with van der Waals surface area (Å²) in [5, 5.41) is 0. The fraction of sp³-hybridized carbons (Fsp3) is 0.417. The van der Waals surface area contributed by atoms with Crippen LogP contribution in [0.3, 0.4) is 0 Å². The van der Waals surface area contributed by atoms with Gasteiger partial charge in [0.2, 0.25) is 0 Å². The van der Waals surface area contributed by atoms with Gasteiger partial charge < -0.3 is 0 Å².